The molecule has 1 atom stereocenters. The molecule has 2 rings (SSSR count). The molecule has 130 valence electrons. The van der Waals surface area contributed by atoms with Crippen LogP contribution in [0.5, 0.6) is 5.75 Å². The molecular weight excluding hydrogens is 347 g/mol. The van der Waals surface area contributed by atoms with Gasteiger partial charge in [-0.15, -0.1) is 0 Å². The van der Waals surface area contributed by atoms with Crippen molar-refractivity contribution in [2.45, 2.75) is 19.4 Å². The quantitative estimate of drug-likeness (QED) is 0.787. The molecule has 2 aromatic carbocycles. The Balaban J connectivity index is 2.03. The van der Waals surface area contributed by atoms with Crippen LogP contribution in [0.3, 0.4) is 0 Å². The largest absolute Gasteiger partial charge is 0.490 e. The van der Waals surface area contributed by atoms with Crippen molar-refractivity contribution >= 4 is 28.9 Å². The van der Waals surface area contributed by atoms with Crippen LogP contribution < -0.4 is 10.1 Å². The molecule has 0 saturated carbocycles. The minimum absolute atomic E-state index is 0.0462. The number of aryl methyl sites for hydroxylation is 1. The number of rotatable bonds is 5. The monoisotopic (exact) mass is 362 g/mol. The number of benzene rings is 2. The summed E-state index contributed by atoms with van der Waals surface area (Å²) in [6.45, 7) is 9.67. The van der Waals surface area contributed by atoms with Crippen LogP contribution >= 0.6 is 11.6 Å². The maximum absolute atomic E-state index is 13.4. The molecule has 0 fully saturated rings. The molecule has 2 N–H and O–H groups in total. The summed E-state index contributed by atoms with van der Waals surface area (Å²) in [5, 5.41) is 12.8. The number of carbonyl (C=O) groups excluding carboxylic acids is 1. The van der Waals surface area contributed by atoms with Crippen LogP contribution in [0, 0.1) is 19.3 Å². The second-order valence-electron chi connectivity index (χ2n) is 5.71. The summed E-state index contributed by atoms with van der Waals surface area (Å²) in [6.07, 6.45) is 0. The summed E-state index contributed by atoms with van der Waals surface area (Å²) < 4.78 is 18.6. The van der Waals surface area contributed by atoms with Crippen molar-refractivity contribution in [3.05, 3.63) is 64.2 Å². The average Bonchev–Trinajstić information content (AvgIpc) is 2.56. The third kappa shape index (κ3) is 4.69. The lowest BCUT2D eigenvalue weighted by Crippen LogP contribution is -2.45. The molecule has 0 heterocycles. The normalized spacial score (nSPS) is 12.8. The maximum Gasteiger partial charge on any atom is 0.259 e. The number of anilines is 1. The number of nitrogens with zero attached hydrogens (tertiary/aromatic N) is 1. The Labute approximate surface area is 149 Å². The summed E-state index contributed by atoms with van der Waals surface area (Å²) in [5.74, 6) is -1.19. The highest BCUT2D eigenvalue weighted by Crippen LogP contribution is 2.24. The van der Waals surface area contributed by atoms with Gasteiger partial charge in [-0.2, -0.15) is 0 Å². The molecule has 0 radical (unpaired) electrons. The zero-order chi connectivity index (χ0) is 18.6. The lowest BCUT2D eigenvalue weighted by Gasteiger charge is -2.23. The first-order chi connectivity index (χ1) is 11.7. The van der Waals surface area contributed by atoms with Gasteiger partial charge >= 0.3 is 0 Å². The Morgan fingerprint density at radius 3 is 2.72 bits per heavy atom. The van der Waals surface area contributed by atoms with Gasteiger partial charge in [0, 0.05) is 11.8 Å². The molecule has 7 heteroatoms. The first-order valence-electron chi connectivity index (χ1n) is 7.33. The predicted molar refractivity (Wildman–Crippen MR) is 93.6 cm³/mol. The SMILES string of the molecule is [C-]#[N+]c1ccc(NC(=O)[C@@](C)(O)COc2ccc(Cl)c(F)c2)cc1C. The van der Waals surface area contributed by atoms with Crippen molar-refractivity contribution in [2.75, 3.05) is 11.9 Å². The fourth-order valence-electron chi connectivity index (χ4n) is 1.98. The second-order valence-corrected chi connectivity index (χ2v) is 6.11. The van der Waals surface area contributed by atoms with E-state index in [1.54, 1.807) is 25.1 Å². The lowest BCUT2D eigenvalue weighted by atomic mass is 10.1. The van der Waals surface area contributed by atoms with Gasteiger partial charge in [0.2, 0.25) is 0 Å². The Morgan fingerprint density at radius 2 is 2.12 bits per heavy atom. The first kappa shape index (κ1) is 18.7. The highest BCUT2D eigenvalue weighted by Gasteiger charge is 2.31. The third-order valence-corrected chi connectivity index (χ3v) is 3.78. The smallest absolute Gasteiger partial charge is 0.259 e. The Morgan fingerprint density at radius 1 is 1.40 bits per heavy atom. The van der Waals surface area contributed by atoms with Crippen molar-refractivity contribution in [3.63, 3.8) is 0 Å². The van der Waals surface area contributed by atoms with Crippen LogP contribution in [-0.2, 0) is 4.79 Å². The van der Waals surface area contributed by atoms with Gasteiger partial charge in [0.25, 0.3) is 5.91 Å². The Bertz CT molecular complexity index is 847. The zero-order valence-electron chi connectivity index (χ0n) is 13.6. The molecule has 0 aliphatic rings. The molecule has 2 aromatic rings. The van der Waals surface area contributed by atoms with E-state index in [9.17, 15) is 14.3 Å². The standard InChI is InChI=1S/C18H16ClFN2O3/c1-11-8-12(4-7-16(11)21-3)22-17(23)18(2,24)10-25-13-5-6-14(19)15(20)9-13/h4-9,24H,10H2,1-2H3,(H,22,23)/t18-/m0/s1. The molecule has 0 bridgehead atoms. The predicted octanol–water partition coefficient (Wildman–Crippen LogP) is 4.11. The number of aliphatic hydroxyl groups is 1. The van der Waals surface area contributed by atoms with Crippen molar-refractivity contribution in [3.8, 4) is 5.75 Å². The van der Waals surface area contributed by atoms with Gasteiger partial charge in [0.05, 0.1) is 11.6 Å². The van der Waals surface area contributed by atoms with E-state index >= 15 is 0 Å². The highest BCUT2D eigenvalue weighted by molar-refractivity contribution is 6.30. The molecule has 0 aliphatic heterocycles. The summed E-state index contributed by atoms with van der Waals surface area (Å²) in [4.78, 5) is 15.6. The van der Waals surface area contributed by atoms with E-state index < -0.39 is 17.3 Å². The molecule has 0 spiro atoms. The second kappa shape index (κ2) is 7.51. The van der Waals surface area contributed by atoms with E-state index in [2.05, 4.69) is 10.2 Å². The highest BCUT2D eigenvalue weighted by atomic mass is 35.5. The van der Waals surface area contributed by atoms with Crippen molar-refractivity contribution in [1.82, 2.24) is 0 Å². The summed E-state index contributed by atoms with van der Waals surface area (Å²) in [6, 6.07) is 8.62. The molecule has 0 saturated heterocycles. The maximum atomic E-state index is 13.4. The van der Waals surface area contributed by atoms with Gasteiger partial charge in [0.15, 0.2) is 11.3 Å². The van der Waals surface area contributed by atoms with E-state index in [0.717, 1.165) is 6.07 Å². The number of nitrogens with one attached hydrogen (secondary N) is 1. The van der Waals surface area contributed by atoms with Crippen LogP contribution in [-0.4, -0.2) is 23.2 Å². The minimum Gasteiger partial charge on any atom is -0.490 e. The van der Waals surface area contributed by atoms with Crippen LogP contribution in [0.4, 0.5) is 15.8 Å². The molecule has 5 nitrogen and oxygen atoms in total. The van der Waals surface area contributed by atoms with E-state index in [1.165, 1.54) is 19.1 Å². The van der Waals surface area contributed by atoms with Crippen LogP contribution in [0.1, 0.15) is 12.5 Å². The number of hydrogen-bond acceptors (Lipinski definition) is 3. The van der Waals surface area contributed by atoms with Crippen LogP contribution in [0.2, 0.25) is 5.02 Å². The summed E-state index contributed by atoms with van der Waals surface area (Å²) in [5.41, 5.74) is -0.200. The van der Waals surface area contributed by atoms with E-state index in [-0.39, 0.29) is 17.4 Å². The van der Waals surface area contributed by atoms with Gasteiger partial charge in [-0.1, -0.05) is 17.7 Å². The third-order valence-electron chi connectivity index (χ3n) is 3.48. The number of hydrogen-bond donors (Lipinski definition) is 2. The minimum atomic E-state index is -1.84. The Kier molecular flexibility index (Phi) is 5.62. The van der Waals surface area contributed by atoms with Gasteiger partial charge in [-0.05, 0) is 43.7 Å². The average molecular weight is 363 g/mol. The fraction of sp³-hybridized carbons (Fsp3) is 0.222. The summed E-state index contributed by atoms with van der Waals surface area (Å²) in [7, 11) is 0. The molecule has 0 aliphatic carbocycles. The number of ether oxygens (including phenoxy) is 1. The molecular formula is C18H16ClFN2O3. The number of carbonyl (C=O) groups is 1. The fourth-order valence-corrected chi connectivity index (χ4v) is 2.10. The lowest BCUT2D eigenvalue weighted by molar-refractivity contribution is -0.135. The van der Waals surface area contributed by atoms with Crippen LogP contribution in [0.15, 0.2) is 36.4 Å². The molecule has 1 amide bonds. The molecule has 25 heavy (non-hydrogen) atoms. The van der Waals surface area contributed by atoms with Crippen molar-refractivity contribution in [1.29, 1.82) is 0 Å². The number of amides is 1. The molecule has 0 aromatic heterocycles. The Hall–Kier alpha value is -2.62. The van der Waals surface area contributed by atoms with Crippen LogP contribution in [0.25, 0.3) is 4.85 Å². The molecule has 0 unspecified atom stereocenters. The topological polar surface area (TPSA) is 62.9 Å². The van der Waals surface area contributed by atoms with E-state index in [1.807, 2.05) is 0 Å². The first-order valence-corrected chi connectivity index (χ1v) is 7.70. The van der Waals surface area contributed by atoms with E-state index in [4.69, 9.17) is 22.9 Å². The number of halogens is 2. The van der Waals surface area contributed by atoms with Gasteiger partial charge < -0.3 is 15.2 Å². The van der Waals surface area contributed by atoms with E-state index in [0.29, 0.717) is 16.9 Å². The zero-order valence-corrected chi connectivity index (χ0v) is 14.4. The van der Waals surface area contributed by atoms with Gasteiger partial charge in [-0.3, -0.25) is 4.79 Å². The van der Waals surface area contributed by atoms with Gasteiger partial charge in [-0.25, -0.2) is 9.24 Å². The summed E-state index contributed by atoms with van der Waals surface area (Å²) >= 11 is 5.58. The van der Waals surface area contributed by atoms with Crippen molar-refractivity contribution < 1.29 is 19.0 Å². The van der Waals surface area contributed by atoms with Crippen molar-refractivity contribution in [2.24, 2.45) is 0 Å². The van der Waals surface area contributed by atoms with Gasteiger partial charge in [0.1, 0.15) is 18.2 Å².